The van der Waals surface area contributed by atoms with Gasteiger partial charge < -0.3 is 18.1 Å². The summed E-state index contributed by atoms with van der Waals surface area (Å²) in [6, 6.07) is 21.8. The molecule has 4 aromatic rings. The first kappa shape index (κ1) is 35.3. The van der Waals surface area contributed by atoms with Crippen LogP contribution in [0.15, 0.2) is 72.8 Å². The van der Waals surface area contributed by atoms with Crippen molar-refractivity contribution in [2.45, 2.75) is 81.4 Å². The molecule has 0 radical (unpaired) electrons. The van der Waals surface area contributed by atoms with Crippen LogP contribution in [0.25, 0.3) is 0 Å². The minimum absolute atomic E-state index is 0.174. The summed E-state index contributed by atoms with van der Waals surface area (Å²) in [5, 5.41) is 0. The topological polar surface area (TPSA) is 89.5 Å². The standard InChI is InChI=1S/C36H44O8P2/c1-10-11-36(43-45(37,39-32-16-12-24(2)20-28(32)6)40-33-17-13-25(3)21-29(33)7)44-46(38,41-34-18-14-26(4)22-30(34)8)42-35-19-15-27(5)23-31(35)9/h12-23,36H,10-11H2,1-9H3. The van der Waals surface area contributed by atoms with E-state index in [-0.39, 0.29) is 6.42 Å². The third-order valence-electron chi connectivity index (χ3n) is 7.18. The Kier molecular flexibility index (Phi) is 11.5. The smallest absolute Gasteiger partial charge is 0.395 e. The number of aryl methyl sites for hydroxylation is 8. The van der Waals surface area contributed by atoms with E-state index in [1.54, 1.807) is 24.3 Å². The summed E-state index contributed by atoms with van der Waals surface area (Å²) in [7, 11) is -8.95. The lowest BCUT2D eigenvalue weighted by Gasteiger charge is -2.28. The van der Waals surface area contributed by atoms with Crippen LogP contribution in [0.2, 0.25) is 0 Å². The zero-order valence-corrected chi connectivity index (χ0v) is 29.9. The second-order valence-corrected chi connectivity index (χ2v) is 14.7. The number of hydrogen-bond acceptors (Lipinski definition) is 8. The maximum atomic E-state index is 14.6. The molecule has 0 fully saturated rings. The van der Waals surface area contributed by atoms with Gasteiger partial charge in [0.1, 0.15) is 23.0 Å². The first-order valence-electron chi connectivity index (χ1n) is 15.3. The van der Waals surface area contributed by atoms with E-state index in [9.17, 15) is 9.13 Å². The molecule has 0 saturated carbocycles. The van der Waals surface area contributed by atoms with Crippen molar-refractivity contribution in [1.29, 1.82) is 0 Å². The lowest BCUT2D eigenvalue weighted by Crippen LogP contribution is -2.21. The minimum Gasteiger partial charge on any atom is -0.395 e. The number of phosphoric acid groups is 2. The minimum atomic E-state index is -4.47. The van der Waals surface area contributed by atoms with Crippen LogP contribution in [0, 0.1) is 55.4 Å². The van der Waals surface area contributed by atoms with E-state index in [4.69, 9.17) is 27.1 Å². The zero-order valence-electron chi connectivity index (χ0n) is 28.1. The lowest BCUT2D eigenvalue weighted by molar-refractivity contribution is -0.0325. The van der Waals surface area contributed by atoms with Gasteiger partial charge in [0.15, 0.2) is 6.29 Å². The van der Waals surface area contributed by atoms with Crippen LogP contribution >= 0.6 is 15.6 Å². The highest BCUT2D eigenvalue weighted by molar-refractivity contribution is 7.50. The van der Waals surface area contributed by atoms with E-state index in [1.165, 1.54) is 0 Å². The largest absolute Gasteiger partial charge is 0.589 e. The number of benzene rings is 4. The predicted octanol–water partition coefficient (Wildman–Crippen LogP) is 11.1. The van der Waals surface area contributed by atoms with Crippen molar-refractivity contribution in [1.82, 2.24) is 0 Å². The second-order valence-electron chi connectivity index (χ2n) is 11.8. The first-order chi connectivity index (χ1) is 21.7. The molecule has 0 amide bonds. The quantitative estimate of drug-likeness (QED) is 0.0970. The van der Waals surface area contributed by atoms with Gasteiger partial charge >= 0.3 is 15.6 Å². The Morgan fingerprint density at radius 3 is 0.957 bits per heavy atom. The highest BCUT2D eigenvalue weighted by atomic mass is 31.2. The fraction of sp³-hybridized carbons (Fsp3) is 0.333. The van der Waals surface area contributed by atoms with E-state index in [2.05, 4.69) is 0 Å². The van der Waals surface area contributed by atoms with Gasteiger partial charge in [-0.3, -0.25) is 0 Å². The van der Waals surface area contributed by atoms with E-state index >= 15 is 0 Å². The first-order valence-corrected chi connectivity index (χ1v) is 18.2. The van der Waals surface area contributed by atoms with Crippen molar-refractivity contribution in [3.05, 3.63) is 117 Å². The molecule has 0 atom stereocenters. The van der Waals surface area contributed by atoms with Gasteiger partial charge in [0.05, 0.1) is 0 Å². The SMILES string of the molecule is CCCC(OP(=O)(Oc1ccc(C)cc1C)Oc1ccc(C)cc1C)OP(=O)(Oc1ccc(C)cc1C)Oc1ccc(C)cc1C. The molecule has 4 rings (SSSR count). The monoisotopic (exact) mass is 666 g/mol. The Bertz CT molecular complexity index is 1540. The Labute approximate surface area is 273 Å². The van der Waals surface area contributed by atoms with Crippen molar-refractivity contribution in [3.63, 3.8) is 0 Å². The number of rotatable bonds is 14. The average molecular weight is 667 g/mol. The van der Waals surface area contributed by atoms with Crippen LogP contribution in [0.3, 0.4) is 0 Å². The van der Waals surface area contributed by atoms with E-state index in [0.717, 1.165) is 44.5 Å². The molecular formula is C36H44O8P2. The molecule has 4 aromatic carbocycles. The Hall–Kier alpha value is -3.54. The summed E-state index contributed by atoms with van der Waals surface area (Å²) in [6.07, 6.45) is -0.674. The molecule has 246 valence electrons. The summed E-state index contributed by atoms with van der Waals surface area (Å²) >= 11 is 0. The molecule has 0 aliphatic rings. The summed E-state index contributed by atoms with van der Waals surface area (Å²) in [5.74, 6) is 1.26. The molecule has 0 unspecified atom stereocenters. The second kappa shape index (κ2) is 14.9. The average Bonchev–Trinajstić information content (AvgIpc) is 2.95. The molecule has 0 N–H and O–H groups in total. The number of phosphoric ester groups is 2. The molecule has 0 aliphatic carbocycles. The highest BCUT2D eigenvalue weighted by Crippen LogP contribution is 2.57. The number of hydrogen-bond donors (Lipinski definition) is 0. The molecule has 0 aliphatic heterocycles. The molecule has 0 bridgehead atoms. The van der Waals surface area contributed by atoms with Crippen LogP contribution in [0.1, 0.15) is 64.3 Å². The van der Waals surface area contributed by atoms with E-state index < -0.39 is 21.9 Å². The van der Waals surface area contributed by atoms with Crippen LogP contribution in [-0.2, 0) is 18.2 Å². The Balaban J connectivity index is 1.74. The maximum absolute atomic E-state index is 14.6. The van der Waals surface area contributed by atoms with Gasteiger partial charge in [-0.2, -0.15) is 0 Å². The Morgan fingerprint density at radius 1 is 0.478 bits per heavy atom. The van der Waals surface area contributed by atoms with Gasteiger partial charge in [0, 0.05) is 0 Å². The third-order valence-corrected chi connectivity index (χ3v) is 9.85. The van der Waals surface area contributed by atoms with Crippen molar-refractivity contribution < 1.29 is 36.3 Å². The van der Waals surface area contributed by atoms with Gasteiger partial charge in [0.2, 0.25) is 0 Å². The molecule has 0 saturated heterocycles. The van der Waals surface area contributed by atoms with Crippen LogP contribution in [0.4, 0.5) is 0 Å². The normalized spacial score (nSPS) is 11.9. The molecule has 0 aromatic heterocycles. The molecule has 0 heterocycles. The molecular weight excluding hydrogens is 622 g/mol. The van der Waals surface area contributed by atoms with E-state index in [1.807, 2.05) is 111 Å². The van der Waals surface area contributed by atoms with Crippen LogP contribution < -0.4 is 18.1 Å². The highest BCUT2D eigenvalue weighted by Gasteiger charge is 2.42. The van der Waals surface area contributed by atoms with Crippen molar-refractivity contribution in [2.75, 3.05) is 0 Å². The van der Waals surface area contributed by atoms with Gasteiger partial charge in [-0.15, -0.1) is 0 Å². The fourth-order valence-electron chi connectivity index (χ4n) is 4.86. The van der Waals surface area contributed by atoms with Crippen molar-refractivity contribution in [2.24, 2.45) is 0 Å². The van der Waals surface area contributed by atoms with Gasteiger partial charge in [-0.05, 0) is 108 Å². The fourth-order valence-corrected chi connectivity index (χ4v) is 7.83. The van der Waals surface area contributed by atoms with Crippen molar-refractivity contribution in [3.8, 4) is 23.0 Å². The molecule has 8 nitrogen and oxygen atoms in total. The summed E-state index contributed by atoms with van der Waals surface area (Å²) in [5.41, 5.74) is 7.00. The van der Waals surface area contributed by atoms with E-state index in [0.29, 0.717) is 29.4 Å². The maximum Gasteiger partial charge on any atom is 0.589 e. The summed E-state index contributed by atoms with van der Waals surface area (Å²) in [6.45, 7) is 17.1. The van der Waals surface area contributed by atoms with Crippen LogP contribution in [0.5, 0.6) is 23.0 Å². The third kappa shape index (κ3) is 9.49. The molecule has 10 heteroatoms. The zero-order chi connectivity index (χ0) is 33.6. The van der Waals surface area contributed by atoms with Gasteiger partial charge in [-0.25, -0.2) is 18.2 Å². The summed E-state index contributed by atoms with van der Waals surface area (Å²) in [4.78, 5) is 0. The van der Waals surface area contributed by atoms with Crippen LogP contribution in [-0.4, -0.2) is 6.29 Å². The van der Waals surface area contributed by atoms with Gasteiger partial charge in [0.25, 0.3) is 0 Å². The lowest BCUT2D eigenvalue weighted by atomic mass is 10.1. The van der Waals surface area contributed by atoms with Crippen molar-refractivity contribution >= 4 is 15.6 Å². The predicted molar refractivity (Wildman–Crippen MR) is 182 cm³/mol. The molecule has 46 heavy (non-hydrogen) atoms. The molecule has 0 spiro atoms. The summed E-state index contributed by atoms with van der Waals surface area (Å²) < 4.78 is 65.4. The van der Waals surface area contributed by atoms with Gasteiger partial charge in [-0.1, -0.05) is 84.1 Å². The Morgan fingerprint density at radius 2 is 0.739 bits per heavy atom.